The van der Waals surface area contributed by atoms with Crippen LogP contribution in [0, 0.1) is 0 Å². The molecule has 0 spiro atoms. The standard InChI is InChI=1S/C24H29N5O/c1-29(2)12-13-30-22-7-6-18(19-5-4-17-8-11-27-21(17)15-19)14-20(22)16-24(26)9-3-10-28-23(24)25/h3-11,14-15,23,27H,12-13,16,25-26H2,1-2H3. The SMILES string of the molecule is CN(C)CCOc1ccc(-c2ccc3cc[nH]c3c2)cc1CC1(N)C=CC=NC1N. The quantitative estimate of drug-likeness (QED) is 0.565. The maximum atomic E-state index is 6.64. The van der Waals surface area contributed by atoms with Crippen molar-refractivity contribution in [2.24, 2.45) is 16.5 Å². The van der Waals surface area contributed by atoms with E-state index in [9.17, 15) is 0 Å². The summed E-state index contributed by atoms with van der Waals surface area (Å²) in [6.07, 6.45) is 7.50. The average Bonchev–Trinajstić information content (AvgIpc) is 3.19. The number of rotatable bonds is 7. The van der Waals surface area contributed by atoms with Crippen LogP contribution in [0.5, 0.6) is 5.75 Å². The predicted molar refractivity (Wildman–Crippen MR) is 124 cm³/mol. The summed E-state index contributed by atoms with van der Waals surface area (Å²) in [4.78, 5) is 9.67. The highest BCUT2D eigenvalue weighted by Gasteiger charge is 2.32. The van der Waals surface area contributed by atoms with Crippen LogP contribution >= 0.6 is 0 Å². The fourth-order valence-corrected chi connectivity index (χ4v) is 3.70. The molecule has 0 aliphatic carbocycles. The van der Waals surface area contributed by atoms with Crippen LogP contribution < -0.4 is 16.2 Å². The molecule has 0 radical (unpaired) electrons. The highest BCUT2D eigenvalue weighted by molar-refractivity contribution is 5.85. The highest BCUT2D eigenvalue weighted by atomic mass is 16.5. The summed E-state index contributed by atoms with van der Waals surface area (Å²) < 4.78 is 6.11. The molecule has 30 heavy (non-hydrogen) atoms. The molecule has 0 saturated heterocycles. The minimum Gasteiger partial charge on any atom is -0.492 e. The second kappa shape index (κ2) is 8.44. The minimum atomic E-state index is -0.754. The third kappa shape index (κ3) is 4.31. The number of hydrogen-bond acceptors (Lipinski definition) is 5. The molecule has 1 aliphatic rings. The minimum absolute atomic E-state index is 0.490. The molecule has 6 nitrogen and oxygen atoms in total. The van der Waals surface area contributed by atoms with E-state index in [1.807, 2.05) is 38.5 Å². The van der Waals surface area contributed by atoms with E-state index in [0.717, 1.165) is 34.5 Å². The number of aromatic amines is 1. The van der Waals surface area contributed by atoms with Crippen molar-refractivity contribution in [1.82, 2.24) is 9.88 Å². The number of aromatic nitrogens is 1. The van der Waals surface area contributed by atoms with E-state index in [-0.39, 0.29) is 0 Å². The molecule has 4 rings (SSSR count). The van der Waals surface area contributed by atoms with Gasteiger partial charge in [0.15, 0.2) is 0 Å². The molecule has 2 heterocycles. The molecule has 156 valence electrons. The van der Waals surface area contributed by atoms with Crippen molar-refractivity contribution in [1.29, 1.82) is 0 Å². The van der Waals surface area contributed by atoms with Crippen molar-refractivity contribution < 1.29 is 4.74 Å². The zero-order valence-corrected chi connectivity index (χ0v) is 17.5. The van der Waals surface area contributed by atoms with Gasteiger partial charge in [0.25, 0.3) is 0 Å². The molecular formula is C24H29N5O. The molecule has 0 saturated carbocycles. The molecule has 0 bridgehead atoms. The second-order valence-electron chi connectivity index (χ2n) is 8.15. The second-order valence-corrected chi connectivity index (χ2v) is 8.15. The number of hydrogen-bond donors (Lipinski definition) is 3. The number of likely N-dealkylation sites (N-methyl/N-ethyl adjacent to an activating group) is 1. The normalized spacial score (nSPS) is 20.9. The van der Waals surface area contributed by atoms with Crippen LogP contribution in [0.15, 0.2) is 65.8 Å². The maximum absolute atomic E-state index is 6.64. The Bertz CT molecular complexity index is 1080. The van der Waals surface area contributed by atoms with E-state index in [2.05, 4.69) is 51.3 Å². The van der Waals surface area contributed by atoms with Gasteiger partial charge in [-0.2, -0.15) is 0 Å². The van der Waals surface area contributed by atoms with Crippen molar-refractivity contribution >= 4 is 17.1 Å². The van der Waals surface area contributed by atoms with Crippen molar-refractivity contribution in [3.8, 4) is 16.9 Å². The van der Waals surface area contributed by atoms with Gasteiger partial charge in [-0.3, -0.25) is 4.99 Å². The van der Waals surface area contributed by atoms with Crippen LogP contribution in [-0.4, -0.2) is 55.1 Å². The molecule has 0 amide bonds. The Morgan fingerprint density at radius 3 is 2.73 bits per heavy atom. The average molecular weight is 404 g/mol. The van der Waals surface area contributed by atoms with Crippen molar-refractivity contribution in [2.75, 3.05) is 27.2 Å². The smallest absolute Gasteiger partial charge is 0.122 e. The van der Waals surface area contributed by atoms with Gasteiger partial charge in [0.2, 0.25) is 0 Å². The Labute approximate surface area is 177 Å². The first kappa shape index (κ1) is 20.3. The van der Waals surface area contributed by atoms with Gasteiger partial charge in [-0.05, 0) is 66.5 Å². The van der Waals surface area contributed by atoms with E-state index in [0.29, 0.717) is 13.0 Å². The Hall–Kier alpha value is -2.93. The molecule has 1 aliphatic heterocycles. The third-order valence-electron chi connectivity index (χ3n) is 5.53. The van der Waals surface area contributed by atoms with E-state index in [1.54, 1.807) is 6.21 Å². The van der Waals surface area contributed by atoms with E-state index in [4.69, 9.17) is 16.2 Å². The number of ether oxygens (including phenoxy) is 1. The van der Waals surface area contributed by atoms with Crippen molar-refractivity contribution in [3.05, 3.63) is 66.4 Å². The van der Waals surface area contributed by atoms with Gasteiger partial charge >= 0.3 is 0 Å². The van der Waals surface area contributed by atoms with Crippen LogP contribution in [0.25, 0.3) is 22.0 Å². The number of dihydropyridines is 1. The number of nitrogens with two attached hydrogens (primary N) is 2. The topological polar surface area (TPSA) is 92.7 Å². The number of H-pyrrole nitrogens is 1. The first-order chi connectivity index (χ1) is 14.4. The predicted octanol–water partition coefficient (Wildman–Crippen LogP) is 2.94. The first-order valence-corrected chi connectivity index (χ1v) is 10.2. The highest BCUT2D eigenvalue weighted by Crippen LogP contribution is 2.32. The fourth-order valence-electron chi connectivity index (χ4n) is 3.70. The Morgan fingerprint density at radius 1 is 1.13 bits per heavy atom. The van der Waals surface area contributed by atoms with E-state index < -0.39 is 11.7 Å². The third-order valence-corrected chi connectivity index (χ3v) is 5.53. The van der Waals surface area contributed by atoms with E-state index >= 15 is 0 Å². The zero-order chi connectivity index (χ0) is 21.1. The molecule has 1 aromatic heterocycles. The van der Waals surface area contributed by atoms with Crippen LogP contribution in [-0.2, 0) is 6.42 Å². The summed E-state index contributed by atoms with van der Waals surface area (Å²) in [7, 11) is 4.06. The lowest BCUT2D eigenvalue weighted by Crippen LogP contribution is -2.55. The molecule has 3 aromatic rings. The summed E-state index contributed by atoms with van der Waals surface area (Å²) in [6.45, 7) is 1.44. The van der Waals surface area contributed by atoms with Crippen LogP contribution in [0.1, 0.15) is 5.56 Å². The summed E-state index contributed by atoms with van der Waals surface area (Å²) in [5.74, 6) is 0.835. The summed E-state index contributed by atoms with van der Waals surface area (Å²) >= 11 is 0. The van der Waals surface area contributed by atoms with Crippen LogP contribution in [0.3, 0.4) is 0 Å². The molecule has 2 unspecified atom stereocenters. The molecule has 6 heteroatoms. The Balaban J connectivity index is 1.68. The molecule has 5 N–H and O–H groups in total. The van der Waals surface area contributed by atoms with Gasteiger partial charge in [-0.1, -0.05) is 24.3 Å². The molecular weight excluding hydrogens is 374 g/mol. The Morgan fingerprint density at radius 2 is 1.93 bits per heavy atom. The maximum Gasteiger partial charge on any atom is 0.122 e. The number of allylic oxidation sites excluding steroid dienone is 1. The molecule has 2 atom stereocenters. The zero-order valence-electron chi connectivity index (χ0n) is 17.5. The van der Waals surface area contributed by atoms with Crippen molar-refractivity contribution in [3.63, 3.8) is 0 Å². The summed E-state index contributed by atoms with van der Waals surface area (Å²) in [5.41, 5.74) is 16.5. The molecule has 0 fully saturated rings. The summed E-state index contributed by atoms with van der Waals surface area (Å²) in [6, 6.07) is 14.8. The number of aliphatic imine (C=N–C) groups is 1. The van der Waals surface area contributed by atoms with Gasteiger partial charge in [-0.15, -0.1) is 0 Å². The van der Waals surface area contributed by atoms with Crippen LogP contribution in [0.2, 0.25) is 0 Å². The van der Waals surface area contributed by atoms with Gasteiger partial charge in [0, 0.05) is 30.9 Å². The number of nitrogens with one attached hydrogen (secondary N) is 1. The first-order valence-electron chi connectivity index (χ1n) is 10.2. The van der Waals surface area contributed by atoms with Gasteiger partial charge in [0.05, 0.1) is 5.54 Å². The fraction of sp³-hybridized carbons (Fsp3) is 0.292. The number of nitrogens with zero attached hydrogens (tertiary/aromatic N) is 2. The lowest BCUT2D eigenvalue weighted by atomic mass is 9.86. The Kier molecular flexibility index (Phi) is 5.72. The lowest BCUT2D eigenvalue weighted by molar-refractivity contribution is 0.258. The monoisotopic (exact) mass is 403 g/mol. The molecule has 2 aromatic carbocycles. The summed E-state index contributed by atoms with van der Waals surface area (Å²) in [5, 5.41) is 1.19. The van der Waals surface area contributed by atoms with E-state index in [1.165, 1.54) is 5.39 Å². The van der Waals surface area contributed by atoms with Crippen molar-refractivity contribution in [2.45, 2.75) is 18.1 Å². The van der Waals surface area contributed by atoms with Gasteiger partial charge in [-0.25, -0.2) is 0 Å². The number of benzene rings is 2. The lowest BCUT2D eigenvalue weighted by Gasteiger charge is -2.32. The largest absolute Gasteiger partial charge is 0.492 e. The van der Waals surface area contributed by atoms with Crippen LogP contribution in [0.4, 0.5) is 0 Å². The number of fused-ring (bicyclic) bond motifs is 1. The van der Waals surface area contributed by atoms with Gasteiger partial charge < -0.3 is 26.1 Å². The van der Waals surface area contributed by atoms with Gasteiger partial charge in [0.1, 0.15) is 18.5 Å².